The second-order valence-electron chi connectivity index (χ2n) is 3.05. The number of carbonyl (C=O) groups excluding carboxylic acids is 1. The highest BCUT2D eigenvalue weighted by Crippen LogP contribution is 2.09. The molecule has 1 aromatic rings. The molecule has 0 spiro atoms. The number of nitrogens with one attached hydrogen (secondary N) is 2. The number of hydrogen-bond acceptors (Lipinski definition) is 4. The average molecular weight is 227 g/mol. The molecule has 16 heavy (non-hydrogen) atoms. The van der Waals surface area contributed by atoms with Crippen molar-refractivity contribution in [3.8, 4) is 0 Å². The van der Waals surface area contributed by atoms with E-state index >= 15 is 0 Å². The summed E-state index contributed by atoms with van der Waals surface area (Å²) in [5.74, 6) is -1.17. The van der Waals surface area contributed by atoms with Crippen molar-refractivity contribution in [1.29, 1.82) is 0 Å². The van der Waals surface area contributed by atoms with E-state index in [0.29, 0.717) is 25.2 Å². The Hall–Kier alpha value is -2.02. The maximum atomic E-state index is 10.7. The quantitative estimate of drug-likeness (QED) is 0.499. The van der Waals surface area contributed by atoms with Crippen molar-refractivity contribution >= 4 is 12.0 Å². The van der Waals surface area contributed by atoms with Crippen molar-refractivity contribution in [2.45, 2.75) is 6.54 Å². The number of aromatic carboxylic acids is 1. The summed E-state index contributed by atoms with van der Waals surface area (Å²) in [6.45, 7) is 1.24. The van der Waals surface area contributed by atoms with Crippen molar-refractivity contribution in [2.75, 3.05) is 13.1 Å². The summed E-state index contributed by atoms with van der Waals surface area (Å²) in [5.41, 5.74) is 5.42. The number of primary amides is 1. The number of hydrogen-bond donors (Lipinski definition) is 4. The van der Waals surface area contributed by atoms with Crippen LogP contribution in [0.1, 0.15) is 16.1 Å². The van der Waals surface area contributed by atoms with E-state index in [1.165, 1.54) is 6.26 Å². The van der Waals surface area contributed by atoms with Crippen LogP contribution < -0.4 is 16.4 Å². The summed E-state index contributed by atoms with van der Waals surface area (Å²) in [4.78, 5) is 21.0. The molecule has 0 fully saturated rings. The minimum Gasteiger partial charge on any atom is -0.475 e. The number of nitrogens with two attached hydrogens (primary N) is 1. The Kier molecular flexibility index (Phi) is 4.34. The lowest BCUT2D eigenvalue weighted by Gasteiger charge is -2.04. The summed E-state index contributed by atoms with van der Waals surface area (Å²) in [6, 6.07) is 0.995. The topological polar surface area (TPSA) is 118 Å². The van der Waals surface area contributed by atoms with Gasteiger partial charge in [-0.15, -0.1) is 0 Å². The largest absolute Gasteiger partial charge is 0.475 e. The molecule has 0 aliphatic rings. The molecule has 88 valence electrons. The highest BCUT2D eigenvalue weighted by molar-refractivity contribution is 5.86. The number of carbonyl (C=O) groups is 2. The number of carboxylic acids is 1. The van der Waals surface area contributed by atoms with E-state index in [9.17, 15) is 9.59 Å². The van der Waals surface area contributed by atoms with Crippen LogP contribution in [0.4, 0.5) is 4.79 Å². The first kappa shape index (κ1) is 12.1. The lowest BCUT2D eigenvalue weighted by Crippen LogP contribution is -2.35. The molecule has 0 saturated heterocycles. The van der Waals surface area contributed by atoms with Gasteiger partial charge in [0.1, 0.15) is 0 Å². The zero-order chi connectivity index (χ0) is 12.0. The molecule has 0 radical (unpaired) electrons. The molecule has 7 nitrogen and oxygen atoms in total. The van der Waals surface area contributed by atoms with E-state index < -0.39 is 12.0 Å². The van der Waals surface area contributed by atoms with Crippen molar-refractivity contribution in [3.63, 3.8) is 0 Å². The molecule has 5 N–H and O–H groups in total. The first-order valence-corrected chi connectivity index (χ1v) is 4.65. The van der Waals surface area contributed by atoms with E-state index in [4.69, 9.17) is 15.3 Å². The van der Waals surface area contributed by atoms with Crippen LogP contribution >= 0.6 is 0 Å². The Morgan fingerprint density at radius 1 is 1.44 bits per heavy atom. The van der Waals surface area contributed by atoms with Crippen molar-refractivity contribution in [2.24, 2.45) is 5.73 Å². The van der Waals surface area contributed by atoms with Crippen LogP contribution in [0.2, 0.25) is 0 Å². The molecule has 0 aromatic carbocycles. The minimum atomic E-state index is -1.10. The number of furan rings is 1. The second-order valence-corrected chi connectivity index (χ2v) is 3.05. The highest BCUT2D eigenvalue weighted by atomic mass is 16.4. The number of rotatable bonds is 6. The minimum absolute atomic E-state index is 0.0737. The van der Waals surface area contributed by atoms with E-state index in [-0.39, 0.29) is 5.76 Å². The van der Waals surface area contributed by atoms with E-state index in [1.54, 1.807) is 6.07 Å². The van der Waals surface area contributed by atoms with E-state index in [1.807, 2.05) is 0 Å². The first-order chi connectivity index (χ1) is 7.61. The van der Waals surface area contributed by atoms with Gasteiger partial charge in [0, 0.05) is 25.2 Å². The van der Waals surface area contributed by atoms with Crippen LogP contribution in [-0.2, 0) is 6.54 Å². The van der Waals surface area contributed by atoms with Gasteiger partial charge in [-0.2, -0.15) is 0 Å². The summed E-state index contributed by atoms with van der Waals surface area (Å²) in [6.07, 6.45) is 1.32. The Labute approximate surface area is 91.6 Å². The molecule has 0 atom stereocenters. The molecule has 1 aromatic heterocycles. The summed E-state index contributed by atoms with van der Waals surface area (Å²) < 4.78 is 4.79. The van der Waals surface area contributed by atoms with E-state index in [0.717, 1.165) is 0 Å². The van der Waals surface area contributed by atoms with Gasteiger partial charge in [-0.25, -0.2) is 9.59 Å². The first-order valence-electron chi connectivity index (χ1n) is 4.65. The zero-order valence-corrected chi connectivity index (χ0v) is 8.53. The summed E-state index contributed by atoms with van der Waals surface area (Å²) >= 11 is 0. The Balaban J connectivity index is 2.29. The van der Waals surface area contributed by atoms with E-state index in [2.05, 4.69) is 10.6 Å². The average Bonchev–Trinajstić information content (AvgIpc) is 2.65. The fourth-order valence-corrected chi connectivity index (χ4v) is 1.16. The van der Waals surface area contributed by atoms with Crippen molar-refractivity contribution < 1.29 is 19.1 Å². The Morgan fingerprint density at radius 2 is 2.19 bits per heavy atom. The summed E-state index contributed by atoms with van der Waals surface area (Å²) in [5, 5.41) is 14.1. The van der Waals surface area contributed by atoms with Crippen LogP contribution in [-0.4, -0.2) is 30.2 Å². The van der Waals surface area contributed by atoms with Gasteiger partial charge < -0.3 is 25.9 Å². The Morgan fingerprint density at radius 3 is 2.81 bits per heavy atom. The fourth-order valence-electron chi connectivity index (χ4n) is 1.16. The van der Waals surface area contributed by atoms with Gasteiger partial charge in [0.2, 0.25) is 5.76 Å². The second kappa shape index (κ2) is 5.76. The zero-order valence-electron chi connectivity index (χ0n) is 8.53. The number of urea groups is 1. The van der Waals surface area contributed by atoms with Gasteiger partial charge in [-0.05, 0) is 6.07 Å². The van der Waals surface area contributed by atoms with Gasteiger partial charge >= 0.3 is 12.0 Å². The van der Waals surface area contributed by atoms with Crippen molar-refractivity contribution in [1.82, 2.24) is 10.6 Å². The SMILES string of the molecule is NC(=O)NCCNCc1ccoc1C(=O)O. The molecular formula is C9H13N3O4. The standard InChI is InChI=1S/C9H13N3O4/c10-9(15)12-3-2-11-5-6-1-4-16-7(6)8(13)14/h1,4,11H,2-3,5H2,(H,13,14)(H3,10,12,15). The van der Waals surface area contributed by atoms with Crippen LogP contribution in [0, 0.1) is 0 Å². The fraction of sp³-hybridized carbons (Fsp3) is 0.333. The maximum absolute atomic E-state index is 10.7. The number of amides is 2. The molecule has 0 unspecified atom stereocenters. The molecule has 0 bridgehead atoms. The highest BCUT2D eigenvalue weighted by Gasteiger charge is 2.12. The lowest BCUT2D eigenvalue weighted by atomic mass is 10.2. The van der Waals surface area contributed by atoms with Crippen LogP contribution in [0.5, 0.6) is 0 Å². The predicted molar refractivity (Wildman–Crippen MR) is 55.0 cm³/mol. The molecule has 0 saturated carbocycles. The van der Waals surface area contributed by atoms with Gasteiger partial charge in [-0.1, -0.05) is 0 Å². The molecule has 2 amide bonds. The van der Waals surface area contributed by atoms with Gasteiger partial charge in [0.05, 0.1) is 6.26 Å². The molecule has 1 heterocycles. The smallest absolute Gasteiger partial charge is 0.372 e. The molecule has 7 heteroatoms. The third-order valence-electron chi connectivity index (χ3n) is 1.86. The third-order valence-corrected chi connectivity index (χ3v) is 1.86. The van der Waals surface area contributed by atoms with Gasteiger partial charge in [0.25, 0.3) is 0 Å². The predicted octanol–water partition coefficient (Wildman–Crippen LogP) is -0.264. The molecule has 0 aliphatic carbocycles. The van der Waals surface area contributed by atoms with Crippen molar-refractivity contribution in [3.05, 3.63) is 23.7 Å². The lowest BCUT2D eigenvalue weighted by molar-refractivity contribution is 0.0660. The number of carboxylic acid groups (broad SMARTS) is 1. The van der Waals surface area contributed by atoms with Crippen LogP contribution in [0.3, 0.4) is 0 Å². The molecule has 0 aliphatic heterocycles. The third kappa shape index (κ3) is 3.62. The maximum Gasteiger partial charge on any atom is 0.372 e. The van der Waals surface area contributed by atoms with Gasteiger partial charge in [0.15, 0.2) is 0 Å². The van der Waals surface area contributed by atoms with Gasteiger partial charge in [-0.3, -0.25) is 0 Å². The normalized spacial score (nSPS) is 10.0. The van der Waals surface area contributed by atoms with Crippen LogP contribution in [0.25, 0.3) is 0 Å². The molecular weight excluding hydrogens is 214 g/mol. The molecule has 1 rings (SSSR count). The monoisotopic (exact) mass is 227 g/mol. The van der Waals surface area contributed by atoms with Crippen LogP contribution in [0.15, 0.2) is 16.7 Å². The Bertz CT molecular complexity index is 375. The summed E-state index contributed by atoms with van der Waals surface area (Å²) in [7, 11) is 0.